The summed E-state index contributed by atoms with van der Waals surface area (Å²) in [6.07, 6.45) is 1.01. The van der Waals surface area contributed by atoms with Crippen LogP contribution in [0, 0.1) is 6.92 Å². The second-order valence-electron chi connectivity index (χ2n) is 4.88. The number of hydrogen-bond acceptors (Lipinski definition) is 2. The lowest BCUT2D eigenvalue weighted by molar-refractivity contribution is 0.221. The highest BCUT2D eigenvalue weighted by Gasteiger charge is 2.17. The van der Waals surface area contributed by atoms with Gasteiger partial charge in [0.1, 0.15) is 6.10 Å². The monoisotopic (exact) mass is 264 g/mol. The van der Waals surface area contributed by atoms with E-state index in [9.17, 15) is 5.11 Å². The summed E-state index contributed by atoms with van der Waals surface area (Å²) in [6.45, 7) is 2.02. The van der Waals surface area contributed by atoms with E-state index in [1.807, 2.05) is 61.5 Å². The quantitative estimate of drug-likeness (QED) is 0.761. The molecule has 2 aromatic carbocycles. The van der Waals surface area contributed by atoms with Crippen LogP contribution < -0.4 is 0 Å². The third-order valence-corrected chi connectivity index (χ3v) is 3.38. The number of aromatic nitrogens is 2. The molecule has 0 spiro atoms. The molecule has 20 heavy (non-hydrogen) atoms. The lowest BCUT2D eigenvalue weighted by Crippen LogP contribution is -2.00. The van der Waals surface area contributed by atoms with Gasteiger partial charge in [0.25, 0.3) is 0 Å². The van der Waals surface area contributed by atoms with Crippen LogP contribution in [-0.2, 0) is 0 Å². The number of nitrogens with one attached hydrogen (secondary N) is 1. The van der Waals surface area contributed by atoms with Crippen molar-refractivity contribution in [3.63, 3.8) is 0 Å². The zero-order valence-corrected chi connectivity index (χ0v) is 11.2. The standard InChI is InChI=1S/C17H16N2O/c1-12-6-5-9-14(10-12)17(20)15-11-18-19-16(15)13-7-3-2-4-8-13/h2-11,17,20H,1H3,(H,18,19). The summed E-state index contributed by atoms with van der Waals surface area (Å²) in [5.41, 5.74) is 4.68. The molecule has 2 N–H and O–H groups in total. The zero-order chi connectivity index (χ0) is 13.9. The van der Waals surface area contributed by atoms with E-state index in [4.69, 9.17) is 0 Å². The molecule has 3 aromatic rings. The molecule has 0 aliphatic heterocycles. The van der Waals surface area contributed by atoms with Crippen LogP contribution in [0.15, 0.2) is 60.8 Å². The third kappa shape index (κ3) is 2.36. The maximum Gasteiger partial charge on any atom is 0.108 e. The minimum atomic E-state index is -0.677. The molecule has 3 rings (SSSR count). The first-order chi connectivity index (χ1) is 9.75. The fraction of sp³-hybridized carbons (Fsp3) is 0.118. The predicted octanol–water partition coefficient (Wildman–Crippen LogP) is 3.47. The molecule has 3 heteroatoms. The van der Waals surface area contributed by atoms with E-state index < -0.39 is 6.10 Å². The van der Waals surface area contributed by atoms with Crippen LogP contribution in [0.25, 0.3) is 11.3 Å². The number of benzene rings is 2. The fourth-order valence-electron chi connectivity index (χ4n) is 2.36. The van der Waals surface area contributed by atoms with Crippen molar-refractivity contribution >= 4 is 0 Å². The molecule has 0 saturated carbocycles. The summed E-state index contributed by atoms with van der Waals surface area (Å²) in [5, 5.41) is 17.6. The Bertz CT molecular complexity index is 704. The minimum Gasteiger partial charge on any atom is -0.384 e. The molecule has 0 amide bonds. The Morgan fingerprint density at radius 1 is 1.05 bits per heavy atom. The van der Waals surface area contributed by atoms with Crippen molar-refractivity contribution in [2.75, 3.05) is 0 Å². The normalized spacial score (nSPS) is 12.3. The average molecular weight is 264 g/mol. The number of aliphatic hydroxyl groups excluding tert-OH is 1. The molecular weight excluding hydrogens is 248 g/mol. The van der Waals surface area contributed by atoms with Crippen LogP contribution in [-0.4, -0.2) is 15.3 Å². The van der Waals surface area contributed by atoms with Gasteiger partial charge in [-0.05, 0) is 18.1 Å². The summed E-state index contributed by atoms with van der Waals surface area (Å²) < 4.78 is 0. The summed E-state index contributed by atoms with van der Waals surface area (Å²) in [6, 6.07) is 17.8. The summed E-state index contributed by atoms with van der Waals surface area (Å²) >= 11 is 0. The number of aromatic amines is 1. The predicted molar refractivity (Wildman–Crippen MR) is 79.3 cm³/mol. The topological polar surface area (TPSA) is 48.9 Å². The van der Waals surface area contributed by atoms with Gasteiger partial charge in [0.15, 0.2) is 0 Å². The Kier molecular flexibility index (Phi) is 3.35. The first kappa shape index (κ1) is 12.6. The lowest BCUT2D eigenvalue weighted by Gasteiger charge is -2.12. The molecule has 0 radical (unpaired) electrons. The van der Waals surface area contributed by atoms with E-state index in [1.165, 1.54) is 0 Å². The Morgan fingerprint density at radius 3 is 2.60 bits per heavy atom. The maximum absolute atomic E-state index is 10.6. The van der Waals surface area contributed by atoms with Gasteiger partial charge in [0.2, 0.25) is 0 Å². The van der Waals surface area contributed by atoms with Gasteiger partial charge < -0.3 is 5.11 Å². The van der Waals surface area contributed by atoms with Crippen molar-refractivity contribution in [1.29, 1.82) is 0 Å². The zero-order valence-electron chi connectivity index (χ0n) is 11.2. The molecule has 0 aliphatic rings. The van der Waals surface area contributed by atoms with Crippen LogP contribution >= 0.6 is 0 Å². The summed E-state index contributed by atoms with van der Waals surface area (Å²) in [4.78, 5) is 0. The van der Waals surface area contributed by atoms with Crippen LogP contribution in [0.5, 0.6) is 0 Å². The molecule has 1 unspecified atom stereocenters. The largest absolute Gasteiger partial charge is 0.384 e. The third-order valence-electron chi connectivity index (χ3n) is 3.38. The summed E-state index contributed by atoms with van der Waals surface area (Å²) in [5.74, 6) is 0. The Morgan fingerprint density at radius 2 is 1.85 bits per heavy atom. The van der Waals surface area contributed by atoms with Gasteiger partial charge in [0, 0.05) is 5.56 Å². The maximum atomic E-state index is 10.6. The average Bonchev–Trinajstić information content (AvgIpc) is 2.97. The molecular formula is C17H16N2O. The highest BCUT2D eigenvalue weighted by molar-refractivity contribution is 5.63. The van der Waals surface area contributed by atoms with Crippen molar-refractivity contribution in [3.05, 3.63) is 77.5 Å². The Labute approximate surface area is 117 Å². The number of aryl methyl sites for hydroxylation is 1. The second-order valence-corrected chi connectivity index (χ2v) is 4.88. The SMILES string of the molecule is Cc1cccc(C(O)c2cn[nH]c2-c2ccccc2)c1. The summed E-state index contributed by atoms with van der Waals surface area (Å²) in [7, 11) is 0. The van der Waals surface area contributed by atoms with Crippen molar-refractivity contribution < 1.29 is 5.11 Å². The minimum absolute atomic E-state index is 0.677. The number of aliphatic hydroxyl groups is 1. The van der Waals surface area contributed by atoms with Gasteiger partial charge in [-0.15, -0.1) is 0 Å². The Balaban J connectivity index is 2.02. The van der Waals surface area contributed by atoms with Crippen LogP contribution in [0.2, 0.25) is 0 Å². The molecule has 1 atom stereocenters. The molecule has 0 bridgehead atoms. The van der Waals surface area contributed by atoms with Crippen LogP contribution in [0.4, 0.5) is 0 Å². The van der Waals surface area contributed by atoms with Gasteiger partial charge in [0.05, 0.1) is 11.9 Å². The highest BCUT2D eigenvalue weighted by Crippen LogP contribution is 2.30. The van der Waals surface area contributed by atoms with Gasteiger partial charge in [-0.3, -0.25) is 5.10 Å². The number of rotatable bonds is 3. The van der Waals surface area contributed by atoms with E-state index in [1.54, 1.807) is 6.20 Å². The molecule has 0 fully saturated rings. The van der Waals surface area contributed by atoms with E-state index in [0.717, 1.165) is 27.9 Å². The highest BCUT2D eigenvalue weighted by atomic mass is 16.3. The van der Waals surface area contributed by atoms with Gasteiger partial charge >= 0.3 is 0 Å². The van der Waals surface area contributed by atoms with E-state index >= 15 is 0 Å². The van der Waals surface area contributed by atoms with Crippen LogP contribution in [0.3, 0.4) is 0 Å². The first-order valence-electron chi connectivity index (χ1n) is 6.59. The molecule has 0 aliphatic carbocycles. The van der Waals surface area contributed by atoms with E-state index in [0.29, 0.717) is 0 Å². The smallest absolute Gasteiger partial charge is 0.108 e. The molecule has 1 aromatic heterocycles. The Hall–Kier alpha value is -2.39. The first-order valence-corrected chi connectivity index (χ1v) is 6.59. The van der Waals surface area contributed by atoms with Crippen molar-refractivity contribution in [2.45, 2.75) is 13.0 Å². The molecule has 0 saturated heterocycles. The molecule has 1 heterocycles. The van der Waals surface area contributed by atoms with Crippen molar-refractivity contribution in [1.82, 2.24) is 10.2 Å². The van der Waals surface area contributed by atoms with E-state index in [2.05, 4.69) is 10.2 Å². The van der Waals surface area contributed by atoms with Crippen molar-refractivity contribution in [2.24, 2.45) is 0 Å². The molecule has 3 nitrogen and oxygen atoms in total. The van der Waals surface area contributed by atoms with Gasteiger partial charge in [-0.25, -0.2) is 0 Å². The second kappa shape index (κ2) is 5.31. The fourth-order valence-corrected chi connectivity index (χ4v) is 2.36. The number of hydrogen-bond donors (Lipinski definition) is 2. The van der Waals surface area contributed by atoms with Crippen molar-refractivity contribution in [3.8, 4) is 11.3 Å². The number of H-pyrrole nitrogens is 1. The van der Waals surface area contributed by atoms with Gasteiger partial charge in [-0.2, -0.15) is 5.10 Å². The number of nitrogens with zero attached hydrogens (tertiary/aromatic N) is 1. The lowest BCUT2D eigenvalue weighted by atomic mass is 9.98. The van der Waals surface area contributed by atoms with E-state index in [-0.39, 0.29) is 0 Å². The van der Waals surface area contributed by atoms with Crippen LogP contribution in [0.1, 0.15) is 22.8 Å². The molecule has 100 valence electrons. The van der Waals surface area contributed by atoms with Gasteiger partial charge in [-0.1, -0.05) is 60.2 Å².